The van der Waals surface area contributed by atoms with Gasteiger partial charge in [0.25, 0.3) is 0 Å². The average Bonchev–Trinajstić information content (AvgIpc) is 2.55. The average molecular weight is 243 g/mol. The molecule has 5 heteroatoms. The molecule has 0 fully saturated rings. The third kappa shape index (κ3) is 1.73. The Morgan fingerprint density at radius 3 is 2.87 bits per heavy atom. The highest BCUT2D eigenvalue weighted by molar-refractivity contribution is 6.31. The van der Waals surface area contributed by atoms with E-state index in [4.69, 9.17) is 23.2 Å². The van der Waals surface area contributed by atoms with Crippen LogP contribution in [-0.4, -0.2) is 15.5 Å². The van der Waals surface area contributed by atoms with Gasteiger partial charge in [-0.3, -0.25) is 9.36 Å². The van der Waals surface area contributed by atoms with Crippen molar-refractivity contribution in [3.63, 3.8) is 0 Å². The molecule has 0 unspecified atom stereocenters. The topological polar surface area (TPSA) is 34.9 Å². The summed E-state index contributed by atoms with van der Waals surface area (Å²) in [4.78, 5) is 15.7. The third-order valence-electron chi connectivity index (χ3n) is 2.12. The minimum atomic E-state index is -0.115. The number of hydrogen-bond donors (Lipinski definition) is 0. The van der Waals surface area contributed by atoms with E-state index in [-0.39, 0.29) is 11.8 Å². The van der Waals surface area contributed by atoms with Gasteiger partial charge in [-0.25, -0.2) is 4.98 Å². The van der Waals surface area contributed by atoms with Crippen LogP contribution in [0.2, 0.25) is 5.02 Å². The molecule has 1 aromatic carbocycles. The smallest absolute Gasteiger partial charge is 0.229 e. The van der Waals surface area contributed by atoms with E-state index in [1.165, 1.54) is 11.5 Å². The quantitative estimate of drug-likeness (QED) is 0.721. The van der Waals surface area contributed by atoms with Crippen LogP contribution in [0, 0.1) is 0 Å². The van der Waals surface area contributed by atoms with Crippen LogP contribution >= 0.6 is 23.2 Å². The predicted octanol–water partition coefficient (Wildman–Crippen LogP) is 3.09. The third-order valence-corrected chi connectivity index (χ3v) is 2.59. The summed E-state index contributed by atoms with van der Waals surface area (Å²) in [5, 5.41) is 0.575. The van der Waals surface area contributed by atoms with E-state index in [1.54, 1.807) is 18.2 Å². The van der Waals surface area contributed by atoms with E-state index in [0.717, 1.165) is 5.52 Å². The first-order valence-corrected chi connectivity index (χ1v) is 5.28. The van der Waals surface area contributed by atoms with Crippen LogP contribution in [0.4, 0.5) is 0 Å². The summed E-state index contributed by atoms with van der Waals surface area (Å²) in [6, 6.07) is 5.22. The standard InChI is InChI=1S/C10H8Cl2N2O/c1-6(15)14-9-4-7(12)2-3-8(9)13-10(14)5-11/h2-4H,5H2,1H3. The number of nitrogens with zero attached hydrogens (tertiary/aromatic N) is 2. The van der Waals surface area contributed by atoms with E-state index in [0.29, 0.717) is 16.4 Å². The molecule has 2 rings (SSSR count). The predicted molar refractivity (Wildman–Crippen MR) is 60.6 cm³/mol. The number of imidazole rings is 1. The Labute approximate surface area is 96.6 Å². The largest absolute Gasteiger partial charge is 0.274 e. The maximum absolute atomic E-state index is 11.4. The Morgan fingerprint density at radius 2 is 2.27 bits per heavy atom. The number of carbonyl (C=O) groups is 1. The molecule has 0 N–H and O–H groups in total. The summed E-state index contributed by atoms with van der Waals surface area (Å²) in [5.74, 6) is 0.628. The number of benzene rings is 1. The lowest BCUT2D eigenvalue weighted by Crippen LogP contribution is -2.08. The molecule has 0 bridgehead atoms. The van der Waals surface area contributed by atoms with Crippen molar-refractivity contribution in [2.24, 2.45) is 0 Å². The van der Waals surface area contributed by atoms with Crippen molar-refractivity contribution < 1.29 is 4.79 Å². The molecular formula is C10H8Cl2N2O. The van der Waals surface area contributed by atoms with Gasteiger partial charge < -0.3 is 0 Å². The monoisotopic (exact) mass is 242 g/mol. The highest BCUT2D eigenvalue weighted by Gasteiger charge is 2.12. The number of hydrogen-bond acceptors (Lipinski definition) is 2. The van der Waals surface area contributed by atoms with Gasteiger partial charge in [0, 0.05) is 11.9 Å². The van der Waals surface area contributed by atoms with Gasteiger partial charge in [-0.15, -0.1) is 11.6 Å². The molecule has 0 amide bonds. The summed E-state index contributed by atoms with van der Waals surface area (Å²) in [5.41, 5.74) is 1.43. The summed E-state index contributed by atoms with van der Waals surface area (Å²) in [6.07, 6.45) is 0. The molecule has 78 valence electrons. The van der Waals surface area contributed by atoms with E-state index >= 15 is 0 Å². The number of carbonyl (C=O) groups excluding carboxylic acids is 1. The van der Waals surface area contributed by atoms with Crippen molar-refractivity contribution in [2.45, 2.75) is 12.8 Å². The second-order valence-electron chi connectivity index (χ2n) is 3.15. The second-order valence-corrected chi connectivity index (χ2v) is 3.85. The van der Waals surface area contributed by atoms with Crippen LogP contribution in [0.1, 0.15) is 17.5 Å². The molecule has 3 nitrogen and oxygen atoms in total. The fourth-order valence-corrected chi connectivity index (χ4v) is 1.88. The van der Waals surface area contributed by atoms with Crippen LogP contribution in [0.15, 0.2) is 18.2 Å². The highest BCUT2D eigenvalue weighted by Crippen LogP contribution is 2.21. The van der Waals surface area contributed by atoms with Gasteiger partial charge in [0.15, 0.2) is 0 Å². The molecule has 15 heavy (non-hydrogen) atoms. The van der Waals surface area contributed by atoms with E-state index in [9.17, 15) is 4.79 Å². The van der Waals surface area contributed by atoms with Crippen LogP contribution < -0.4 is 0 Å². The molecule has 0 aliphatic heterocycles. The first-order chi connectivity index (χ1) is 7.13. The lowest BCUT2D eigenvalue weighted by atomic mass is 10.3. The lowest BCUT2D eigenvalue weighted by Gasteiger charge is -2.01. The minimum absolute atomic E-state index is 0.115. The zero-order valence-electron chi connectivity index (χ0n) is 8.00. The molecule has 0 saturated carbocycles. The summed E-state index contributed by atoms with van der Waals surface area (Å²) in [7, 11) is 0. The molecule has 2 aromatic rings. The molecule has 0 spiro atoms. The Hall–Kier alpha value is -1.06. The van der Waals surface area contributed by atoms with E-state index in [2.05, 4.69) is 4.98 Å². The molecule has 0 aliphatic rings. The van der Waals surface area contributed by atoms with Gasteiger partial charge in [0.05, 0.1) is 16.9 Å². The first kappa shape index (κ1) is 10.5. The zero-order valence-corrected chi connectivity index (χ0v) is 9.51. The molecule has 0 aliphatic carbocycles. The Bertz CT molecular complexity index is 533. The van der Waals surface area contributed by atoms with Gasteiger partial charge in [-0.2, -0.15) is 0 Å². The summed E-state index contributed by atoms with van der Waals surface area (Å²) >= 11 is 11.6. The first-order valence-electron chi connectivity index (χ1n) is 4.37. The van der Waals surface area contributed by atoms with Crippen molar-refractivity contribution in [2.75, 3.05) is 0 Å². The fourth-order valence-electron chi connectivity index (χ4n) is 1.54. The molecule has 0 atom stereocenters. The maximum Gasteiger partial charge on any atom is 0.229 e. The zero-order chi connectivity index (χ0) is 11.0. The van der Waals surface area contributed by atoms with Crippen LogP contribution in [0.3, 0.4) is 0 Å². The number of rotatable bonds is 1. The van der Waals surface area contributed by atoms with Gasteiger partial charge in [0.2, 0.25) is 5.91 Å². The van der Waals surface area contributed by atoms with Gasteiger partial charge in [-0.05, 0) is 18.2 Å². The fraction of sp³-hybridized carbons (Fsp3) is 0.200. The van der Waals surface area contributed by atoms with Crippen molar-refractivity contribution >= 4 is 40.1 Å². The van der Waals surface area contributed by atoms with Crippen molar-refractivity contribution in [1.82, 2.24) is 9.55 Å². The SMILES string of the molecule is CC(=O)n1c(CCl)nc2ccc(Cl)cc21. The molecule has 1 aromatic heterocycles. The van der Waals surface area contributed by atoms with Gasteiger partial charge >= 0.3 is 0 Å². The molecular weight excluding hydrogens is 235 g/mol. The summed E-state index contributed by atoms with van der Waals surface area (Å²) in [6.45, 7) is 1.47. The Balaban J connectivity index is 2.82. The number of fused-ring (bicyclic) bond motifs is 1. The van der Waals surface area contributed by atoms with Crippen LogP contribution in [0.25, 0.3) is 11.0 Å². The van der Waals surface area contributed by atoms with Crippen molar-refractivity contribution in [1.29, 1.82) is 0 Å². The van der Waals surface area contributed by atoms with Crippen LogP contribution in [-0.2, 0) is 5.88 Å². The highest BCUT2D eigenvalue weighted by atomic mass is 35.5. The maximum atomic E-state index is 11.4. The van der Waals surface area contributed by atoms with Gasteiger partial charge in [0.1, 0.15) is 5.82 Å². The van der Waals surface area contributed by atoms with E-state index in [1.807, 2.05) is 0 Å². The van der Waals surface area contributed by atoms with Crippen LogP contribution in [0.5, 0.6) is 0 Å². The molecule has 0 radical (unpaired) electrons. The lowest BCUT2D eigenvalue weighted by molar-refractivity contribution is 0.0938. The van der Waals surface area contributed by atoms with Crippen molar-refractivity contribution in [3.05, 3.63) is 29.0 Å². The second kappa shape index (κ2) is 3.83. The van der Waals surface area contributed by atoms with E-state index < -0.39 is 0 Å². The molecule has 0 saturated heterocycles. The number of aromatic nitrogens is 2. The Morgan fingerprint density at radius 1 is 1.53 bits per heavy atom. The normalized spacial score (nSPS) is 10.9. The number of halogens is 2. The minimum Gasteiger partial charge on any atom is -0.274 e. The number of alkyl halides is 1. The van der Waals surface area contributed by atoms with Crippen molar-refractivity contribution in [3.8, 4) is 0 Å². The Kier molecular flexibility index (Phi) is 2.67. The summed E-state index contributed by atoms with van der Waals surface area (Å²) < 4.78 is 1.48. The van der Waals surface area contributed by atoms with Gasteiger partial charge in [-0.1, -0.05) is 11.6 Å². The molecule has 1 heterocycles.